The van der Waals surface area contributed by atoms with Gasteiger partial charge in [0.15, 0.2) is 0 Å². The number of aromatic nitrogens is 2. The summed E-state index contributed by atoms with van der Waals surface area (Å²) < 4.78 is 5.04. The first-order valence-corrected chi connectivity index (χ1v) is 7.03. The summed E-state index contributed by atoms with van der Waals surface area (Å²) in [6.45, 7) is 2.11. The van der Waals surface area contributed by atoms with E-state index in [0.717, 1.165) is 5.56 Å². The summed E-state index contributed by atoms with van der Waals surface area (Å²) in [5.41, 5.74) is 1.20. The average molecular weight is 314 g/mol. The molecule has 0 aliphatic carbocycles. The van der Waals surface area contributed by atoms with Gasteiger partial charge >= 0.3 is 5.97 Å². The second-order valence-corrected chi connectivity index (χ2v) is 5.18. The van der Waals surface area contributed by atoms with E-state index in [1.165, 1.54) is 17.5 Å². The first-order chi connectivity index (χ1) is 9.59. The van der Waals surface area contributed by atoms with Crippen molar-refractivity contribution in [3.63, 3.8) is 0 Å². The smallest absolute Gasteiger partial charge is 0.349 e. The molecule has 2 rings (SSSR count). The van der Waals surface area contributed by atoms with Crippen LogP contribution in [0, 0.1) is 6.92 Å². The fourth-order valence-corrected chi connectivity index (χ4v) is 2.58. The summed E-state index contributed by atoms with van der Waals surface area (Å²) in [4.78, 5) is 23.6. The Hall–Kier alpha value is -1.86. The number of halogens is 1. The van der Waals surface area contributed by atoms with E-state index in [4.69, 9.17) is 16.3 Å². The van der Waals surface area contributed by atoms with Gasteiger partial charge in [-0.15, -0.1) is 11.3 Å². The van der Waals surface area contributed by atoms with Crippen molar-refractivity contribution in [1.29, 1.82) is 0 Å². The van der Waals surface area contributed by atoms with E-state index >= 15 is 0 Å². The average Bonchev–Trinajstić information content (AvgIpc) is 3.06. The van der Waals surface area contributed by atoms with E-state index in [-0.39, 0.29) is 19.1 Å². The lowest BCUT2D eigenvalue weighted by molar-refractivity contribution is 0.0509. The second-order valence-electron chi connectivity index (χ2n) is 3.92. The molecule has 106 valence electrons. The van der Waals surface area contributed by atoms with E-state index in [0.29, 0.717) is 15.6 Å². The molecule has 2 N–H and O–H groups in total. The van der Waals surface area contributed by atoms with Crippen molar-refractivity contribution in [2.24, 2.45) is 0 Å². The summed E-state index contributed by atoms with van der Waals surface area (Å²) in [6, 6.07) is 1.55. The molecule has 0 aliphatic rings. The standard InChI is InChI=1S/C12H12ClN3O3S/c1-7-6-20-10(9(7)13)12(18)19-5-4-14-11(17)8-2-3-15-16-8/h2-3,6H,4-5H2,1H3,(H,14,17)(H,15,16). The van der Waals surface area contributed by atoms with Gasteiger partial charge in [-0.3, -0.25) is 9.89 Å². The molecule has 2 aromatic rings. The Labute approximate surface area is 124 Å². The molecule has 0 spiro atoms. The predicted octanol–water partition coefficient (Wildman–Crippen LogP) is 2.02. The maximum atomic E-state index is 11.7. The minimum Gasteiger partial charge on any atom is -0.460 e. The number of aryl methyl sites for hydroxylation is 1. The maximum absolute atomic E-state index is 11.7. The van der Waals surface area contributed by atoms with Crippen LogP contribution in [0.5, 0.6) is 0 Å². The number of carbonyl (C=O) groups excluding carboxylic acids is 2. The number of thiophene rings is 1. The number of aromatic amines is 1. The molecule has 2 aromatic heterocycles. The van der Waals surface area contributed by atoms with Crippen LogP contribution in [0.3, 0.4) is 0 Å². The third kappa shape index (κ3) is 3.37. The number of carbonyl (C=O) groups is 2. The second kappa shape index (κ2) is 6.53. The largest absolute Gasteiger partial charge is 0.460 e. The van der Waals surface area contributed by atoms with Gasteiger partial charge in [-0.1, -0.05) is 11.6 Å². The van der Waals surface area contributed by atoms with Gasteiger partial charge < -0.3 is 10.1 Å². The van der Waals surface area contributed by atoms with Crippen LogP contribution in [0.15, 0.2) is 17.6 Å². The Balaban J connectivity index is 1.75. The Kier molecular flexibility index (Phi) is 4.75. The fourth-order valence-electron chi connectivity index (χ4n) is 1.42. The fraction of sp³-hybridized carbons (Fsp3) is 0.250. The van der Waals surface area contributed by atoms with Crippen LogP contribution in [0.4, 0.5) is 0 Å². The molecule has 0 atom stereocenters. The molecule has 8 heteroatoms. The predicted molar refractivity (Wildman–Crippen MR) is 75.3 cm³/mol. The number of ether oxygens (including phenoxy) is 1. The van der Waals surface area contributed by atoms with Crippen LogP contribution in [0.2, 0.25) is 5.02 Å². The molecule has 0 saturated carbocycles. The van der Waals surface area contributed by atoms with E-state index < -0.39 is 5.97 Å². The number of esters is 1. The number of nitrogens with one attached hydrogen (secondary N) is 2. The van der Waals surface area contributed by atoms with Crippen LogP contribution < -0.4 is 5.32 Å². The topological polar surface area (TPSA) is 84.1 Å². The molecule has 0 radical (unpaired) electrons. The first kappa shape index (κ1) is 14.5. The van der Waals surface area contributed by atoms with Crippen molar-refractivity contribution in [1.82, 2.24) is 15.5 Å². The first-order valence-electron chi connectivity index (χ1n) is 5.78. The Morgan fingerprint density at radius 3 is 2.95 bits per heavy atom. The summed E-state index contributed by atoms with van der Waals surface area (Å²) in [6.07, 6.45) is 1.48. The lowest BCUT2D eigenvalue weighted by atomic mass is 10.3. The number of hydrogen-bond donors (Lipinski definition) is 2. The highest BCUT2D eigenvalue weighted by molar-refractivity contribution is 7.12. The quantitative estimate of drug-likeness (QED) is 0.653. The number of H-pyrrole nitrogens is 1. The van der Waals surface area contributed by atoms with Crippen molar-refractivity contribution in [2.75, 3.05) is 13.2 Å². The van der Waals surface area contributed by atoms with Gasteiger partial charge in [-0.25, -0.2) is 4.79 Å². The van der Waals surface area contributed by atoms with Crippen molar-refractivity contribution in [3.8, 4) is 0 Å². The van der Waals surface area contributed by atoms with Gasteiger partial charge in [0, 0.05) is 6.20 Å². The van der Waals surface area contributed by atoms with E-state index in [2.05, 4.69) is 15.5 Å². The SMILES string of the molecule is Cc1csc(C(=O)OCCNC(=O)c2ccn[nH]2)c1Cl. The summed E-state index contributed by atoms with van der Waals surface area (Å²) in [7, 11) is 0. The minimum atomic E-state index is -0.483. The molecular weight excluding hydrogens is 302 g/mol. The van der Waals surface area contributed by atoms with Gasteiger partial charge in [-0.05, 0) is 23.9 Å². The molecule has 1 amide bonds. The summed E-state index contributed by atoms with van der Waals surface area (Å²) >= 11 is 7.20. The molecule has 0 fully saturated rings. The highest BCUT2D eigenvalue weighted by Crippen LogP contribution is 2.27. The van der Waals surface area contributed by atoms with Gasteiger partial charge in [0.05, 0.1) is 11.6 Å². The van der Waals surface area contributed by atoms with Crippen molar-refractivity contribution < 1.29 is 14.3 Å². The molecule has 0 aromatic carbocycles. The monoisotopic (exact) mass is 313 g/mol. The summed E-state index contributed by atoms with van der Waals surface area (Å²) in [5.74, 6) is -0.785. The number of hydrogen-bond acceptors (Lipinski definition) is 5. The van der Waals surface area contributed by atoms with Gasteiger partial charge in [0.2, 0.25) is 0 Å². The molecule has 20 heavy (non-hydrogen) atoms. The minimum absolute atomic E-state index is 0.0754. The van der Waals surface area contributed by atoms with Crippen molar-refractivity contribution >= 4 is 34.8 Å². The van der Waals surface area contributed by atoms with Crippen molar-refractivity contribution in [2.45, 2.75) is 6.92 Å². The highest BCUT2D eigenvalue weighted by Gasteiger charge is 2.16. The van der Waals surface area contributed by atoms with Crippen molar-refractivity contribution in [3.05, 3.63) is 38.8 Å². The van der Waals surface area contributed by atoms with Crippen LogP contribution in [0.1, 0.15) is 25.7 Å². The van der Waals surface area contributed by atoms with E-state index in [1.54, 1.807) is 11.4 Å². The van der Waals surface area contributed by atoms with Crippen LogP contribution in [-0.4, -0.2) is 35.2 Å². The zero-order valence-corrected chi connectivity index (χ0v) is 12.2. The van der Waals surface area contributed by atoms with E-state index in [1.807, 2.05) is 6.92 Å². The lowest BCUT2D eigenvalue weighted by Crippen LogP contribution is -2.28. The Bertz CT molecular complexity index is 610. The zero-order chi connectivity index (χ0) is 14.5. The number of rotatable bonds is 5. The van der Waals surface area contributed by atoms with Crippen LogP contribution >= 0.6 is 22.9 Å². The third-order valence-corrected chi connectivity index (χ3v) is 4.13. The lowest BCUT2D eigenvalue weighted by Gasteiger charge is -2.05. The van der Waals surface area contributed by atoms with Gasteiger partial charge in [0.1, 0.15) is 17.2 Å². The highest BCUT2D eigenvalue weighted by atomic mass is 35.5. The van der Waals surface area contributed by atoms with E-state index in [9.17, 15) is 9.59 Å². The molecule has 6 nitrogen and oxygen atoms in total. The molecule has 0 bridgehead atoms. The number of amides is 1. The van der Waals surface area contributed by atoms with Crippen LogP contribution in [-0.2, 0) is 4.74 Å². The normalized spacial score (nSPS) is 10.3. The zero-order valence-electron chi connectivity index (χ0n) is 10.6. The van der Waals surface area contributed by atoms with Gasteiger partial charge in [0.25, 0.3) is 5.91 Å². The number of nitrogens with zero attached hydrogens (tertiary/aromatic N) is 1. The maximum Gasteiger partial charge on any atom is 0.349 e. The molecule has 0 saturated heterocycles. The Morgan fingerprint density at radius 1 is 1.55 bits per heavy atom. The summed E-state index contributed by atoms with van der Waals surface area (Å²) in [5, 5.41) is 11.0. The molecule has 2 heterocycles. The molecular formula is C12H12ClN3O3S. The van der Waals surface area contributed by atoms with Gasteiger partial charge in [-0.2, -0.15) is 5.10 Å². The van der Waals surface area contributed by atoms with Crippen LogP contribution in [0.25, 0.3) is 0 Å². The molecule has 0 unspecified atom stereocenters. The molecule has 0 aliphatic heterocycles. The third-order valence-electron chi connectivity index (χ3n) is 2.45. The Morgan fingerprint density at radius 2 is 2.35 bits per heavy atom.